The summed E-state index contributed by atoms with van der Waals surface area (Å²) in [6.45, 7) is 0.490. The molecular weight excluding hydrogens is 234 g/mol. The molecule has 1 aromatic heterocycles. The highest BCUT2D eigenvalue weighted by Gasteiger charge is 2.13. The third-order valence-electron chi connectivity index (χ3n) is 1.91. The second-order valence-corrected chi connectivity index (χ2v) is 4.41. The van der Waals surface area contributed by atoms with Gasteiger partial charge in [-0.1, -0.05) is 6.07 Å². The Morgan fingerprint density at radius 2 is 2.53 bits per heavy atom. The molecule has 1 N–H and O–H groups in total. The van der Waals surface area contributed by atoms with Crippen molar-refractivity contribution in [2.75, 3.05) is 19.6 Å². The topological polar surface area (TPSA) is 38.3 Å². The van der Waals surface area contributed by atoms with Crippen LogP contribution < -0.4 is 5.32 Å². The molecule has 0 spiro atoms. The molecule has 1 atom stereocenters. The van der Waals surface area contributed by atoms with Gasteiger partial charge in [0.05, 0.1) is 17.5 Å². The first kappa shape index (κ1) is 12.5. The Kier molecular flexibility index (Phi) is 5.68. The minimum absolute atomic E-state index is 0.0119. The monoisotopic (exact) mass is 247 g/mol. The van der Waals surface area contributed by atoms with Crippen LogP contribution >= 0.6 is 22.9 Å². The lowest BCUT2D eigenvalue weighted by Crippen LogP contribution is -2.38. The van der Waals surface area contributed by atoms with Crippen molar-refractivity contribution in [2.24, 2.45) is 0 Å². The standard InChI is InChI=1S/C10H14ClNO2S/c1-14-7-8(4-5-11)12-10(13)9-3-2-6-15-9/h2-3,6,8H,4-5,7H2,1H3,(H,12,13). The average molecular weight is 248 g/mol. The van der Waals surface area contributed by atoms with Gasteiger partial charge in [-0.3, -0.25) is 4.79 Å². The third kappa shape index (κ3) is 4.20. The van der Waals surface area contributed by atoms with Crippen LogP contribution in [0.5, 0.6) is 0 Å². The molecule has 1 unspecified atom stereocenters. The number of hydrogen-bond acceptors (Lipinski definition) is 3. The van der Waals surface area contributed by atoms with Crippen LogP contribution in [0.4, 0.5) is 0 Å². The maximum atomic E-state index is 11.7. The number of thiophene rings is 1. The molecule has 84 valence electrons. The lowest BCUT2D eigenvalue weighted by molar-refractivity contribution is 0.0899. The molecule has 0 aliphatic carbocycles. The van der Waals surface area contributed by atoms with Gasteiger partial charge < -0.3 is 10.1 Å². The minimum atomic E-state index is -0.0582. The predicted octanol–water partition coefficient (Wildman–Crippen LogP) is 2.12. The SMILES string of the molecule is COCC(CCCl)NC(=O)c1cccs1. The third-order valence-corrected chi connectivity index (χ3v) is 2.99. The van der Waals surface area contributed by atoms with Crippen molar-refractivity contribution in [3.05, 3.63) is 22.4 Å². The molecule has 1 amide bonds. The van der Waals surface area contributed by atoms with Crippen molar-refractivity contribution in [3.8, 4) is 0 Å². The summed E-state index contributed by atoms with van der Waals surface area (Å²) in [5.74, 6) is 0.454. The molecule has 0 aliphatic heterocycles. The van der Waals surface area contributed by atoms with Crippen LogP contribution in [-0.2, 0) is 4.74 Å². The van der Waals surface area contributed by atoms with Gasteiger partial charge in [0.1, 0.15) is 0 Å². The summed E-state index contributed by atoms with van der Waals surface area (Å²) in [6.07, 6.45) is 0.715. The lowest BCUT2D eigenvalue weighted by atomic mass is 10.2. The van der Waals surface area contributed by atoms with Gasteiger partial charge in [-0.25, -0.2) is 0 Å². The van der Waals surface area contributed by atoms with Crippen LogP contribution in [0.25, 0.3) is 0 Å². The first-order chi connectivity index (χ1) is 7.27. The molecule has 3 nitrogen and oxygen atoms in total. The molecule has 1 aromatic rings. The van der Waals surface area contributed by atoms with Crippen LogP contribution in [0, 0.1) is 0 Å². The van der Waals surface area contributed by atoms with Gasteiger partial charge in [-0.2, -0.15) is 0 Å². The van der Waals surface area contributed by atoms with Crippen LogP contribution in [-0.4, -0.2) is 31.5 Å². The van der Waals surface area contributed by atoms with Gasteiger partial charge in [-0.05, 0) is 17.9 Å². The van der Waals surface area contributed by atoms with E-state index in [9.17, 15) is 4.79 Å². The Balaban J connectivity index is 2.47. The number of carbonyl (C=O) groups is 1. The van der Waals surface area contributed by atoms with E-state index in [-0.39, 0.29) is 11.9 Å². The fourth-order valence-corrected chi connectivity index (χ4v) is 2.08. The Bertz CT molecular complexity index is 284. The number of hydrogen-bond donors (Lipinski definition) is 1. The normalized spacial score (nSPS) is 12.4. The van der Waals surface area contributed by atoms with E-state index in [0.717, 1.165) is 0 Å². The second kappa shape index (κ2) is 6.82. The zero-order valence-corrected chi connectivity index (χ0v) is 10.1. The van der Waals surface area contributed by atoms with E-state index in [4.69, 9.17) is 16.3 Å². The van der Waals surface area contributed by atoms with Crippen LogP contribution in [0.15, 0.2) is 17.5 Å². The quantitative estimate of drug-likeness (QED) is 0.782. The molecule has 0 fully saturated rings. The van der Waals surface area contributed by atoms with Crippen LogP contribution in [0.2, 0.25) is 0 Å². The largest absolute Gasteiger partial charge is 0.383 e. The molecule has 0 radical (unpaired) electrons. The lowest BCUT2D eigenvalue weighted by Gasteiger charge is -2.15. The molecule has 1 rings (SSSR count). The van der Waals surface area contributed by atoms with Crippen molar-refractivity contribution >= 4 is 28.8 Å². The zero-order valence-electron chi connectivity index (χ0n) is 8.53. The molecule has 0 saturated carbocycles. The van der Waals surface area contributed by atoms with E-state index in [1.807, 2.05) is 11.4 Å². The highest BCUT2D eigenvalue weighted by atomic mass is 35.5. The Morgan fingerprint density at radius 3 is 3.07 bits per heavy atom. The second-order valence-electron chi connectivity index (χ2n) is 3.08. The van der Waals surface area contributed by atoms with Gasteiger partial charge in [0.25, 0.3) is 5.91 Å². The Hall–Kier alpha value is -0.580. The van der Waals surface area contributed by atoms with Crippen molar-refractivity contribution in [1.29, 1.82) is 0 Å². The first-order valence-corrected chi connectivity index (χ1v) is 6.08. The molecule has 0 aliphatic rings. The van der Waals surface area contributed by atoms with Gasteiger partial charge >= 0.3 is 0 Å². The fraction of sp³-hybridized carbons (Fsp3) is 0.500. The summed E-state index contributed by atoms with van der Waals surface area (Å²) in [6, 6.07) is 3.64. The number of ether oxygens (including phenoxy) is 1. The maximum Gasteiger partial charge on any atom is 0.261 e. The number of amides is 1. The number of alkyl halides is 1. The number of methoxy groups -OCH3 is 1. The van der Waals surface area contributed by atoms with Crippen LogP contribution in [0.1, 0.15) is 16.1 Å². The summed E-state index contributed by atoms with van der Waals surface area (Å²) in [4.78, 5) is 12.4. The zero-order chi connectivity index (χ0) is 11.1. The predicted molar refractivity (Wildman–Crippen MR) is 62.8 cm³/mol. The summed E-state index contributed by atoms with van der Waals surface area (Å²) in [7, 11) is 1.61. The summed E-state index contributed by atoms with van der Waals surface area (Å²) < 4.78 is 5.00. The number of nitrogens with one attached hydrogen (secondary N) is 1. The highest BCUT2D eigenvalue weighted by molar-refractivity contribution is 7.12. The van der Waals surface area contributed by atoms with Gasteiger partial charge in [0, 0.05) is 13.0 Å². The van der Waals surface area contributed by atoms with Gasteiger partial charge in [-0.15, -0.1) is 22.9 Å². The van der Waals surface area contributed by atoms with Crippen molar-refractivity contribution in [1.82, 2.24) is 5.32 Å². The molecule has 0 aromatic carbocycles. The smallest absolute Gasteiger partial charge is 0.261 e. The van der Waals surface area contributed by atoms with Crippen LogP contribution in [0.3, 0.4) is 0 Å². The molecule has 15 heavy (non-hydrogen) atoms. The van der Waals surface area contributed by atoms with E-state index in [1.165, 1.54) is 11.3 Å². The molecule has 5 heteroatoms. The fourth-order valence-electron chi connectivity index (χ4n) is 1.19. The summed E-state index contributed by atoms with van der Waals surface area (Å²) >= 11 is 7.06. The van der Waals surface area contributed by atoms with Crippen molar-refractivity contribution < 1.29 is 9.53 Å². The van der Waals surface area contributed by atoms with Crippen molar-refractivity contribution in [3.63, 3.8) is 0 Å². The maximum absolute atomic E-state index is 11.7. The molecular formula is C10H14ClNO2S. The Labute approximate surface area is 98.4 Å². The molecule has 0 saturated heterocycles. The number of carbonyl (C=O) groups excluding carboxylic acids is 1. The average Bonchev–Trinajstić information content (AvgIpc) is 2.71. The van der Waals surface area contributed by atoms with Gasteiger partial charge in [0.2, 0.25) is 0 Å². The molecule has 1 heterocycles. The highest BCUT2D eigenvalue weighted by Crippen LogP contribution is 2.08. The van der Waals surface area contributed by atoms with Gasteiger partial charge in [0.15, 0.2) is 0 Å². The van der Waals surface area contributed by atoms with E-state index in [1.54, 1.807) is 13.2 Å². The van der Waals surface area contributed by atoms with E-state index >= 15 is 0 Å². The van der Waals surface area contributed by atoms with Crippen molar-refractivity contribution in [2.45, 2.75) is 12.5 Å². The first-order valence-electron chi connectivity index (χ1n) is 4.67. The van der Waals surface area contributed by atoms with E-state index in [2.05, 4.69) is 5.32 Å². The minimum Gasteiger partial charge on any atom is -0.383 e. The molecule has 0 bridgehead atoms. The van der Waals surface area contributed by atoms with E-state index < -0.39 is 0 Å². The Morgan fingerprint density at radius 1 is 1.73 bits per heavy atom. The summed E-state index contributed by atoms with van der Waals surface area (Å²) in [5.41, 5.74) is 0. The summed E-state index contributed by atoms with van der Waals surface area (Å²) in [5, 5.41) is 4.76. The van der Waals surface area contributed by atoms with E-state index in [0.29, 0.717) is 23.8 Å². The number of halogens is 1. The number of rotatable bonds is 6.